The summed E-state index contributed by atoms with van der Waals surface area (Å²) in [7, 11) is 0. The van der Waals surface area contributed by atoms with E-state index in [4.69, 9.17) is 20.4 Å². The number of carbonyl (C=O) groups excluding carboxylic acids is 5. The Balaban J connectivity index is 0.000000399. The summed E-state index contributed by atoms with van der Waals surface area (Å²) in [4.78, 5) is 118. The number of alkyl halides is 15. The smallest absolute Gasteiger partial charge is 0.426 e. The summed E-state index contributed by atoms with van der Waals surface area (Å²) in [6, 6.07) is 0. The van der Waals surface area contributed by atoms with Crippen molar-refractivity contribution in [3.8, 4) is 0 Å². The van der Waals surface area contributed by atoms with Gasteiger partial charge in [-0.2, -0.15) is 65.9 Å². The zero-order valence-corrected chi connectivity index (χ0v) is 81.0. The monoisotopic (exact) mass is 1920 g/mol. The molecule has 0 spiro atoms. The summed E-state index contributed by atoms with van der Waals surface area (Å²) in [5.74, 6) is 0.860. The maximum Gasteiger partial charge on any atom is 0.426 e. The van der Waals surface area contributed by atoms with E-state index in [2.05, 4.69) is 4.74 Å². The van der Waals surface area contributed by atoms with Crippen molar-refractivity contribution < 1.29 is 164 Å². The first-order chi connectivity index (χ1) is 60.1. The minimum atomic E-state index is -6.77. The lowest BCUT2D eigenvalue weighted by molar-refractivity contribution is -0.405. The quantitative estimate of drug-likeness (QED) is 0.0301. The van der Waals surface area contributed by atoms with E-state index in [0.717, 1.165) is 136 Å². The predicted molar refractivity (Wildman–Crippen MR) is 461 cm³/mol. The van der Waals surface area contributed by atoms with Gasteiger partial charge in [-0.1, -0.05) is 110 Å². The van der Waals surface area contributed by atoms with E-state index < -0.39 is 138 Å². The fraction of sp³-hybridized carbons (Fsp3) is 0.887. The highest BCUT2D eigenvalue weighted by atomic mass is 19.4. The van der Waals surface area contributed by atoms with Crippen molar-refractivity contribution in [2.24, 2.45) is 170 Å². The fourth-order valence-electron chi connectivity index (χ4n) is 22.2. The number of esters is 1. The second kappa shape index (κ2) is 47.9. The Kier molecular flexibility index (Phi) is 43.6. The minimum absolute atomic E-state index is 0.0127. The number of carboxylic acid groups (broad SMARTS) is 6. The third-order valence-corrected chi connectivity index (χ3v) is 33.6. The largest absolute Gasteiger partial charge is 0.481 e. The first-order valence-electron chi connectivity index (χ1n) is 47.5. The van der Waals surface area contributed by atoms with Crippen LogP contribution in [0, 0.1) is 170 Å². The molecule has 0 amide bonds. The van der Waals surface area contributed by atoms with Gasteiger partial charge in [0, 0.05) is 34.5 Å². The Hall–Kier alpha value is -6.16. The van der Waals surface area contributed by atoms with Crippen molar-refractivity contribution in [2.75, 3.05) is 0 Å². The summed E-state index contributed by atoms with van der Waals surface area (Å²) >= 11 is 0. The van der Waals surface area contributed by atoms with Gasteiger partial charge >= 0.3 is 72.7 Å². The number of aliphatic hydroxyl groups is 2. The fourth-order valence-corrected chi connectivity index (χ4v) is 22.2. The Morgan fingerprint density at radius 3 is 0.773 bits per heavy atom. The van der Waals surface area contributed by atoms with Gasteiger partial charge in [-0.3, -0.25) is 52.7 Å². The zero-order chi connectivity index (χ0) is 102. The molecule has 13 rings (SSSR count). The van der Waals surface area contributed by atoms with Crippen molar-refractivity contribution in [3.05, 3.63) is 0 Å². The average molecular weight is 1920 g/mol. The van der Waals surface area contributed by atoms with Crippen molar-refractivity contribution in [1.29, 1.82) is 0 Å². The van der Waals surface area contributed by atoms with Crippen LogP contribution in [0.25, 0.3) is 0 Å². The summed E-state index contributed by atoms with van der Waals surface area (Å²) < 4.78 is 204. The molecule has 0 aromatic heterocycles. The summed E-state index contributed by atoms with van der Waals surface area (Å²) in [5.41, 5.74) is -16.2. The Morgan fingerprint density at radius 2 is 0.606 bits per heavy atom. The molecule has 8 N–H and O–H groups in total. The van der Waals surface area contributed by atoms with Crippen LogP contribution in [0.3, 0.4) is 0 Å². The van der Waals surface area contributed by atoms with E-state index in [1.807, 2.05) is 83.1 Å². The van der Waals surface area contributed by atoms with Crippen LogP contribution < -0.4 is 0 Å². The van der Waals surface area contributed by atoms with E-state index in [-0.39, 0.29) is 70.7 Å². The Morgan fingerprint density at radius 1 is 0.318 bits per heavy atom. The summed E-state index contributed by atoms with van der Waals surface area (Å²) in [6.45, 7) is 36.2. The van der Waals surface area contributed by atoms with Gasteiger partial charge in [-0.05, 0) is 310 Å². The first-order valence-corrected chi connectivity index (χ1v) is 47.5. The molecule has 0 saturated heterocycles. The lowest BCUT2D eigenvalue weighted by Crippen LogP contribution is -2.67. The number of aliphatic carboxylic acids is 6. The third-order valence-electron chi connectivity index (χ3n) is 33.6. The lowest BCUT2D eigenvalue weighted by atomic mass is 9.65. The number of ketones is 4. The van der Waals surface area contributed by atoms with Crippen molar-refractivity contribution in [1.82, 2.24) is 0 Å². The molecule has 0 heterocycles. The second-order valence-electron chi connectivity index (χ2n) is 42.3. The molecule has 0 aliphatic heterocycles. The molecule has 20 nitrogen and oxygen atoms in total. The van der Waals surface area contributed by atoms with E-state index in [1.54, 1.807) is 48.5 Å². The van der Waals surface area contributed by atoms with Crippen LogP contribution in [0.4, 0.5) is 65.9 Å². The van der Waals surface area contributed by atoms with Crippen LogP contribution in [0.15, 0.2) is 0 Å². The molecule has 26 atom stereocenters. The molecular formula is C97H153F15O20. The van der Waals surface area contributed by atoms with E-state index in [1.165, 1.54) is 89.9 Å². The molecule has 766 valence electrons. The molecule has 13 fully saturated rings. The molecule has 0 aromatic rings. The van der Waals surface area contributed by atoms with Crippen LogP contribution >= 0.6 is 0 Å². The SMILES string of the molecule is CCC(C)(C(=O)OC1CC(C(O)(C(F)(F)F)C(F)(F)F)CC(C(O)(C(F)(F)F)C(F)(F)F)C1)C(F)(F)F.CCC(C)(C)C(=O)O.CCC(C)(C)C(C)=O.CCC(C)(C)C(C)=O.CCC(C)C(=O)O.CCC(C)C(C)=O.CCC(C)C(C)=O.O=C(O)C1CC2CC1C1C3CCC(C3)C21.O=C(O)C1CC2CC1C1C3CCC(C3)C21.O=C(O)C1CC2CCC1C2.O=C(O)C1CC2CCC1C2. The van der Waals surface area contributed by atoms with Crippen LogP contribution in [0.5, 0.6) is 0 Å². The first kappa shape index (κ1) is 120. The molecule has 13 aliphatic rings. The number of fused-ring (bicyclic) bond motifs is 22. The molecule has 13 aliphatic carbocycles. The van der Waals surface area contributed by atoms with E-state index >= 15 is 0 Å². The zero-order valence-electron chi connectivity index (χ0n) is 81.0. The second-order valence-corrected chi connectivity index (χ2v) is 42.3. The maximum atomic E-state index is 13.3. The standard InChI is InChI=1S/C18H19F15O4.2C13H18O2.2C8H12O2.2C7H14O.C6H12O2.2C6H12O.C5H10O2/c1-3-11(2,14(19,20)21)10(34)37-9-5-7(12(35,15(22,23)24)16(25,26)27)4-8(6-9)13(36,17(28,29)30)18(31,32)33;2*14-13(15)10-5-8-4-9(10)12-7-2-1-6(3-7)11(8)12;2*9-8(10)7-4-5-1-2-6(7)3-5;2*1-5-7(3,4)6(2)8;1-4-6(2,3)5(7)8;2*1-4-5(2)6(3)7;1-3-4(2)5(6)7/h7-9,35-36H,3-6H2,1-2H3;2*6-12H,1-5H2,(H,14,15);2*5-7H,1-4H2,(H,9,10);2*5H2,1-4H3;4H2,1-3H3,(H,7,8);2*5H,4H2,1-3H3;4H,3H2,1-2H3,(H,6,7). The molecule has 132 heavy (non-hydrogen) atoms. The number of halogens is 15. The van der Waals surface area contributed by atoms with Crippen LogP contribution in [-0.4, -0.2) is 154 Å². The Bertz CT molecular complexity index is 3530. The number of ether oxygens (including phenoxy) is 1. The number of hydrogen-bond donors (Lipinski definition) is 8. The summed E-state index contributed by atoms with van der Waals surface area (Å²) in [5, 5.41) is 71.7. The van der Waals surface area contributed by atoms with Crippen LogP contribution in [-0.2, 0) is 57.5 Å². The number of carbonyl (C=O) groups is 11. The maximum absolute atomic E-state index is 13.3. The highest BCUT2D eigenvalue weighted by molar-refractivity contribution is 5.82. The van der Waals surface area contributed by atoms with Crippen molar-refractivity contribution in [2.45, 2.75) is 373 Å². The molecule has 35 heteroatoms. The van der Waals surface area contributed by atoms with Crippen LogP contribution in [0.1, 0.15) is 325 Å². The molecule has 0 radical (unpaired) electrons. The van der Waals surface area contributed by atoms with Gasteiger partial charge in [-0.25, -0.2) is 0 Å². The predicted octanol–water partition coefficient (Wildman–Crippen LogP) is 23.7. The topological polar surface area (TPSA) is 359 Å². The number of carboxylic acids is 6. The number of hydrogen-bond acceptors (Lipinski definition) is 14. The third kappa shape index (κ3) is 29.2. The van der Waals surface area contributed by atoms with E-state index in [9.17, 15) is 139 Å². The molecule has 0 aromatic carbocycles. The summed E-state index contributed by atoms with van der Waals surface area (Å²) in [6.07, 6.45) is -15.4. The van der Waals surface area contributed by atoms with Crippen LogP contribution in [0.2, 0.25) is 0 Å². The number of Topliss-reactive ketones (excluding diaryl/α,β-unsaturated/α-hetero) is 4. The highest BCUT2D eigenvalue weighted by Gasteiger charge is 2.79. The van der Waals surface area contributed by atoms with Gasteiger partial charge in [-0.15, -0.1) is 0 Å². The minimum Gasteiger partial charge on any atom is -0.481 e. The number of rotatable bonds is 21. The van der Waals surface area contributed by atoms with Gasteiger partial charge in [0.05, 0.1) is 35.0 Å². The van der Waals surface area contributed by atoms with Gasteiger partial charge < -0.3 is 45.6 Å². The Labute approximate surface area is 768 Å². The highest BCUT2D eigenvalue weighted by Crippen LogP contribution is 2.71. The van der Waals surface area contributed by atoms with E-state index in [0.29, 0.717) is 41.7 Å². The average Bonchev–Trinajstić information content (AvgIpc) is 1.49. The lowest BCUT2D eigenvalue weighted by Gasteiger charge is -2.48. The van der Waals surface area contributed by atoms with Crippen molar-refractivity contribution in [3.63, 3.8) is 0 Å². The normalized spacial score (nSPS) is 31.5. The van der Waals surface area contributed by atoms with Gasteiger partial charge in [0.2, 0.25) is 0 Å². The van der Waals surface area contributed by atoms with Gasteiger partial charge in [0.1, 0.15) is 29.2 Å². The van der Waals surface area contributed by atoms with Gasteiger partial charge in [0.15, 0.2) is 5.41 Å². The molecular weight excluding hydrogens is 1770 g/mol. The van der Waals surface area contributed by atoms with Crippen molar-refractivity contribution >= 4 is 64.9 Å². The molecule has 13 saturated carbocycles. The van der Waals surface area contributed by atoms with Gasteiger partial charge in [0.25, 0.3) is 11.2 Å². The molecule has 26 unspecified atom stereocenters. The molecule has 12 bridgehead atoms.